The smallest absolute Gasteiger partial charge is 0.329 e. The van der Waals surface area contributed by atoms with E-state index in [4.69, 9.17) is 10.5 Å². The third-order valence-electron chi connectivity index (χ3n) is 3.69. The first-order valence-electron chi connectivity index (χ1n) is 7.39. The van der Waals surface area contributed by atoms with Crippen molar-refractivity contribution in [2.75, 3.05) is 12.3 Å². The second-order valence-electron chi connectivity index (χ2n) is 5.65. The van der Waals surface area contributed by atoms with Crippen LogP contribution in [-0.4, -0.2) is 43.4 Å². The van der Waals surface area contributed by atoms with Crippen LogP contribution in [0.3, 0.4) is 0 Å². The lowest BCUT2D eigenvalue weighted by Gasteiger charge is -2.35. The van der Waals surface area contributed by atoms with Crippen molar-refractivity contribution in [1.29, 1.82) is 0 Å². The first kappa shape index (κ1) is 20.9. The highest BCUT2D eigenvalue weighted by Crippen LogP contribution is 2.50. The normalized spacial score (nSPS) is 25.2. The van der Waals surface area contributed by atoms with Crippen LogP contribution in [0, 0.1) is 0 Å². The first-order valence-corrected chi connectivity index (χ1v) is 10.3. The third-order valence-corrected chi connectivity index (χ3v) is 5.75. The van der Waals surface area contributed by atoms with Crippen molar-refractivity contribution >= 4 is 32.8 Å². The average molecular weight is 440 g/mol. The van der Waals surface area contributed by atoms with Crippen LogP contribution < -0.4 is 31.7 Å². The predicted octanol–water partition coefficient (Wildman–Crippen LogP) is -4.03. The summed E-state index contributed by atoms with van der Waals surface area (Å²) >= 11 is 0. The SMILES string of the molecule is Nc1nc2c([nH]c(=O)n2[C@H]2C[C@H](O)[C@@H](COP(=O)([O-])OP(=O)([O-])[O-])O2)c(=O)[nH]1. The maximum absolute atomic E-state index is 12.1. The number of nitrogens with two attached hydrogens (primary N) is 1. The number of aromatic amines is 2. The fourth-order valence-electron chi connectivity index (χ4n) is 2.63. The Hall–Kier alpha value is -1.87. The Kier molecular flexibility index (Phi) is 5.35. The van der Waals surface area contributed by atoms with Gasteiger partial charge in [-0.3, -0.25) is 23.6 Å². The van der Waals surface area contributed by atoms with Gasteiger partial charge in [-0.2, -0.15) is 4.98 Å². The largest absolute Gasteiger partial charge is 0.790 e. The maximum atomic E-state index is 12.1. The number of rotatable bonds is 6. The van der Waals surface area contributed by atoms with Crippen molar-refractivity contribution in [3.63, 3.8) is 0 Å². The lowest BCUT2D eigenvalue weighted by molar-refractivity contribution is -0.339. The Balaban J connectivity index is 1.79. The number of aromatic nitrogens is 4. The van der Waals surface area contributed by atoms with E-state index >= 15 is 0 Å². The van der Waals surface area contributed by atoms with E-state index in [1.807, 2.05) is 0 Å². The minimum absolute atomic E-state index is 0.165. The molecule has 0 amide bonds. The zero-order chi connectivity index (χ0) is 20.9. The molecule has 1 aliphatic heterocycles. The second-order valence-corrected chi connectivity index (χ2v) is 8.35. The van der Waals surface area contributed by atoms with Gasteiger partial charge in [-0.1, -0.05) is 0 Å². The number of phosphoric acid groups is 2. The lowest BCUT2D eigenvalue weighted by Crippen LogP contribution is -2.28. The van der Waals surface area contributed by atoms with Gasteiger partial charge >= 0.3 is 5.69 Å². The number of hydrogen-bond acceptors (Lipinski definition) is 13. The number of aliphatic hydroxyl groups excluding tert-OH is 1. The Morgan fingerprint density at radius 1 is 1.32 bits per heavy atom. The number of hydrogen-bond donors (Lipinski definition) is 4. The molecule has 0 bridgehead atoms. The Labute approximate surface area is 153 Å². The second kappa shape index (κ2) is 7.18. The van der Waals surface area contributed by atoms with Gasteiger partial charge in [-0.25, -0.2) is 9.36 Å². The van der Waals surface area contributed by atoms with E-state index in [0.29, 0.717) is 0 Å². The van der Waals surface area contributed by atoms with Crippen LogP contribution in [0.15, 0.2) is 9.59 Å². The van der Waals surface area contributed by atoms with Gasteiger partial charge in [0.05, 0.1) is 20.5 Å². The number of imidazole rings is 1. The molecular weight excluding hydrogens is 428 g/mol. The summed E-state index contributed by atoms with van der Waals surface area (Å²) in [5.41, 5.74) is 3.55. The standard InChI is InChI=1S/C10H15N5O11P2/c11-9-13-7-6(8(17)14-9)12-10(18)15(7)5-1-3(16)4(25-5)2-24-28(22,23)26-27(19,20)21/h3-5,16H,1-2H2,(H,12,18)(H,22,23)(H2,19,20,21)(H3,11,13,14,17)/p-3/t3-,4+,5+/m0/s1. The Bertz CT molecular complexity index is 1100. The van der Waals surface area contributed by atoms with Crippen LogP contribution in [0.1, 0.15) is 12.6 Å². The fraction of sp³-hybridized carbons (Fsp3) is 0.500. The van der Waals surface area contributed by atoms with Gasteiger partial charge in [-0.05, 0) is 0 Å². The molecule has 4 atom stereocenters. The predicted molar refractivity (Wildman–Crippen MR) is 82.2 cm³/mol. The van der Waals surface area contributed by atoms with E-state index in [1.165, 1.54) is 0 Å². The summed E-state index contributed by atoms with van der Waals surface area (Å²) in [5.74, 6) is -0.284. The van der Waals surface area contributed by atoms with Gasteiger partial charge in [0.1, 0.15) is 12.3 Å². The number of anilines is 1. The fourth-order valence-corrected chi connectivity index (χ4v) is 4.13. The molecule has 0 aliphatic carbocycles. The highest BCUT2D eigenvalue weighted by molar-refractivity contribution is 7.58. The summed E-state index contributed by atoms with van der Waals surface area (Å²) in [6, 6.07) is 0. The van der Waals surface area contributed by atoms with E-state index < -0.39 is 51.9 Å². The van der Waals surface area contributed by atoms with Gasteiger partial charge in [0.2, 0.25) is 5.95 Å². The van der Waals surface area contributed by atoms with Crippen molar-refractivity contribution in [3.8, 4) is 0 Å². The average Bonchev–Trinajstić information content (AvgIpc) is 3.02. The van der Waals surface area contributed by atoms with Crippen LogP contribution in [0.4, 0.5) is 5.95 Å². The van der Waals surface area contributed by atoms with E-state index in [-0.39, 0.29) is 23.5 Å². The molecule has 1 aliphatic rings. The summed E-state index contributed by atoms with van der Waals surface area (Å²) in [6.07, 6.45) is -4.12. The zero-order valence-electron chi connectivity index (χ0n) is 13.5. The summed E-state index contributed by atoms with van der Waals surface area (Å²) in [5, 5.41) is 10.0. The quantitative estimate of drug-likeness (QED) is 0.312. The molecule has 3 heterocycles. The number of nitrogen functional groups attached to an aromatic ring is 1. The van der Waals surface area contributed by atoms with Crippen molar-refractivity contribution < 1.29 is 42.5 Å². The van der Waals surface area contributed by atoms with Crippen molar-refractivity contribution in [2.24, 2.45) is 0 Å². The maximum Gasteiger partial charge on any atom is 0.329 e. The highest BCUT2D eigenvalue weighted by atomic mass is 31.3. The molecule has 1 fully saturated rings. The molecule has 5 N–H and O–H groups in total. The molecule has 16 nitrogen and oxygen atoms in total. The molecule has 0 aromatic carbocycles. The van der Waals surface area contributed by atoms with Gasteiger partial charge in [0.15, 0.2) is 11.2 Å². The number of phosphoric ester groups is 1. The third kappa shape index (κ3) is 4.41. The molecule has 1 unspecified atom stereocenters. The van der Waals surface area contributed by atoms with Crippen LogP contribution in [0.5, 0.6) is 0 Å². The Morgan fingerprint density at radius 3 is 2.64 bits per heavy atom. The molecular formula is C10H12N5O11P2-3. The Morgan fingerprint density at radius 2 is 2.00 bits per heavy atom. The molecule has 156 valence electrons. The molecule has 28 heavy (non-hydrogen) atoms. The van der Waals surface area contributed by atoms with Crippen LogP contribution >= 0.6 is 15.6 Å². The molecule has 0 radical (unpaired) electrons. The van der Waals surface area contributed by atoms with Crippen molar-refractivity contribution in [2.45, 2.75) is 24.9 Å². The number of aliphatic hydroxyl groups is 1. The van der Waals surface area contributed by atoms with Crippen LogP contribution in [0.2, 0.25) is 0 Å². The number of fused-ring (bicyclic) bond motifs is 1. The summed E-state index contributed by atoms with van der Waals surface area (Å²) in [4.78, 5) is 64.2. The van der Waals surface area contributed by atoms with Gasteiger partial charge in [-0.15, -0.1) is 0 Å². The number of nitrogens with zero attached hydrogens (tertiary/aromatic N) is 2. The molecule has 2 aromatic heterocycles. The highest BCUT2D eigenvalue weighted by Gasteiger charge is 2.38. The van der Waals surface area contributed by atoms with E-state index in [9.17, 15) is 38.5 Å². The van der Waals surface area contributed by atoms with Gasteiger partial charge in [0, 0.05) is 6.42 Å². The van der Waals surface area contributed by atoms with Crippen LogP contribution in [0.25, 0.3) is 11.2 Å². The van der Waals surface area contributed by atoms with Gasteiger partial charge in [0.25, 0.3) is 13.4 Å². The molecule has 18 heteroatoms. The van der Waals surface area contributed by atoms with E-state index in [0.717, 1.165) is 4.57 Å². The van der Waals surface area contributed by atoms with E-state index in [2.05, 4.69) is 23.8 Å². The minimum Gasteiger partial charge on any atom is -0.790 e. The monoisotopic (exact) mass is 440 g/mol. The van der Waals surface area contributed by atoms with Crippen molar-refractivity contribution in [3.05, 3.63) is 20.8 Å². The molecule has 2 aromatic rings. The lowest BCUT2D eigenvalue weighted by atomic mass is 10.2. The molecule has 0 spiro atoms. The molecule has 3 rings (SSSR count). The first-order chi connectivity index (χ1) is 12.9. The zero-order valence-corrected chi connectivity index (χ0v) is 15.3. The number of nitrogens with one attached hydrogen (secondary N) is 2. The van der Waals surface area contributed by atoms with Gasteiger partial charge < -0.3 is 39.3 Å². The summed E-state index contributed by atoms with van der Waals surface area (Å²) in [6.45, 7) is -0.911. The van der Waals surface area contributed by atoms with Crippen LogP contribution in [-0.2, 0) is 22.7 Å². The summed E-state index contributed by atoms with van der Waals surface area (Å²) < 4.78 is 35.4. The molecule has 1 saturated heterocycles. The summed E-state index contributed by atoms with van der Waals surface area (Å²) in [7, 11) is -11.4. The topological polar surface area (TPSA) is 261 Å². The number of H-pyrrole nitrogens is 2. The number of ether oxygens (including phenoxy) is 1. The minimum atomic E-state index is -5.87. The van der Waals surface area contributed by atoms with E-state index in [1.54, 1.807) is 0 Å². The van der Waals surface area contributed by atoms with Crippen molar-refractivity contribution in [1.82, 2.24) is 19.5 Å². The molecule has 0 saturated carbocycles.